The monoisotopic (exact) mass is 627 g/mol. The molecular weight excluding hydrogens is 574 g/mol. The fourth-order valence-electron chi connectivity index (χ4n) is 6.49. The first-order valence-electron chi connectivity index (χ1n) is 18.2. The van der Waals surface area contributed by atoms with Gasteiger partial charge in [0.05, 0.1) is 0 Å². The highest BCUT2D eigenvalue weighted by Crippen LogP contribution is 2.32. The van der Waals surface area contributed by atoms with Crippen LogP contribution in [0.2, 0.25) is 0 Å². The molecule has 1 saturated carbocycles. The van der Waals surface area contributed by atoms with E-state index in [-0.39, 0.29) is 11.7 Å². The lowest BCUT2D eigenvalue weighted by Crippen LogP contribution is -2.16. The minimum Gasteiger partial charge on any atom is -0.299 e. The Kier molecular flexibility index (Phi) is 13.1. The maximum atomic E-state index is 13.5. The summed E-state index contributed by atoms with van der Waals surface area (Å²) in [6.45, 7) is 5.43. The van der Waals surface area contributed by atoms with Crippen LogP contribution in [0.1, 0.15) is 106 Å². The number of carbonyl (C=O) groups is 2. The van der Waals surface area contributed by atoms with Gasteiger partial charge in [-0.2, -0.15) is 0 Å². The third kappa shape index (κ3) is 11.4. The topological polar surface area (TPSA) is 46.5 Å². The Morgan fingerprint density at radius 3 is 2.23 bits per heavy atom. The summed E-state index contributed by atoms with van der Waals surface area (Å²) in [7, 11) is 0. The van der Waals surface area contributed by atoms with Crippen molar-refractivity contribution in [3.05, 3.63) is 108 Å². The molecule has 0 spiro atoms. The molecule has 1 fully saturated rings. The van der Waals surface area contributed by atoms with Crippen molar-refractivity contribution in [3.8, 4) is 11.1 Å². The van der Waals surface area contributed by atoms with Gasteiger partial charge in [-0.05, 0) is 115 Å². The highest BCUT2D eigenvalue weighted by atomic mass is 16.1. The van der Waals surface area contributed by atoms with Crippen LogP contribution in [-0.2, 0) is 17.6 Å². The number of rotatable bonds is 20. The van der Waals surface area contributed by atoms with E-state index in [9.17, 15) is 9.59 Å². The number of fused-ring (bicyclic) bond motifs is 1. The molecule has 0 saturated heterocycles. The van der Waals surface area contributed by atoms with Gasteiger partial charge in [-0.3, -0.25) is 14.6 Å². The molecule has 0 aromatic heterocycles. The third-order valence-electron chi connectivity index (χ3n) is 9.74. The minimum absolute atomic E-state index is 0.0148. The molecular formula is C44H53NO2. The van der Waals surface area contributed by atoms with Crippen LogP contribution in [0.25, 0.3) is 21.9 Å². The van der Waals surface area contributed by atoms with Crippen LogP contribution in [0.15, 0.2) is 96.0 Å². The zero-order valence-electron chi connectivity index (χ0n) is 28.6. The van der Waals surface area contributed by atoms with E-state index in [4.69, 9.17) is 0 Å². The molecule has 0 bridgehead atoms. The maximum Gasteiger partial charge on any atom is 0.162 e. The maximum absolute atomic E-state index is 13.5. The number of benzene rings is 4. The van der Waals surface area contributed by atoms with E-state index in [1.165, 1.54) is 53.3 Å². The Morgan fingerprint density at radius 2 is 1.47 bits per heavy atom. The van der Waals surface area contributed by atoms with Gasteiger partial charge in [0.1, 0.15) is 5.78 Å². The van der Waals surface area contributed by atoms with Crippen LogP contribution in [-0.4, -0.2) is 24.3 Å². The van der Waals surface area contributed by atoms with E-state index in [1.54, 1.807) is 0 Å². The number of Topliss-reactive ketones (excluding diaryl/α,β-unsaturated/α-hetero) is 2. The summed E-state index contributed by atoms with van der Waals surface area (Å²) in [5, 5.41) is 2.31. The van der Waals surface area contributed by atoms with Gasteiger partial charge in [0.15, 0.2) is 5.78 Å². The summed E-state index contributed by atoms with van der Waals surface area (Å²) >= 11 is 0. The van der Waals surface area contributed by atoms with Crippen molar-refractivity contribution >= 4 is 28.6 Å². The van der Waals surface area contributed by atoms with Crippen LogP contribution in [0, 0.1) is 17.8 Å². The molecule has 0 heterocycles. The second-order valence-electron chi connectivity index (χ2n) is 14.1. The molecule has 0 N–H and O–H groups in total. The fourth-order valence-corrected chi connectivity index (χ4v) is 6.49. The number of hydrogen-bond acceptors (Lipinski definition) is 3. The van der Waals surface area contributed by atoms with Gasteiger partial charge in [0.2, 0.25) is 0 Å². The second kappa shape index (κ2) is 17.9. The standard InChI is InChI=1S/C44H53NO2/c1-33(2)16-17-36-22-25-41-32-42(27-26-40(41)31-36)44(47)15-7-12-39(13-8-29-45-30-28-35-18-19-35)43(46)14-6-9-34-20-23-38(24-21-34)37-10-4-3-5-11-37/h3-5,10-11,20-27,29,31-33,35,39H,6-9,12-19,28,30H2,1-2H3. The van der Waals surface area contributed by atoms with Crippen molar-refractivity contribution in [2.24, 2.45) is 22.7 Å². The van der Waals surface area contributed by atoms with Gasteiger partial charge in [0.25, 0.3) is 0 Å². The summed E-state index contributed by atoms with van der Waals surface area (Å²) < 4.78 is 0. The molecule has 5 rings (SSSR count). The van der Waals surface area contributed by atoms with Gasteiger partial charge >= 0.3 is 0 Å². The number of ketones is 2. The van der Waals surface area contributed by atoms with Crippen molar-refractivity contribution in [1.82, 2.24) is 0 Å². The highest BCUT2D eigenvalue weighted by Gasteiger charge is 2.20. The first kappa shape index (κ1) is 34.5. The molecule has 0 radical (unpaired) electrons. The molecule has 1 unspecified atom stereocenters. The van der Waals surface area contributed by atoms with Crippen molar-refractivity contribution in [1.29, 1.82) is 0 Å². The van der Waals surface area contributed by atoms with Crippen molar-refractivity contribution in [2.75, 3.05) is 6.54 Å². The largest absolute Gasteiger partial charge is 0.299 e. The molecule has 246 valence electrons. The normalized spacial score (nSPS) is 13.9. The van der Waals surface area contributed by atoms with Gasteiger partial charge in [-0.15, -0.1) is 0 Å². The lowest BCUT2D eigenvalue weighted by atomic mass is 9.88. The third-order valence-corrected chi connectivity index (χ3v) is 9.74. The molecule has 0 amide bonds. The number of carbonyl (C=O) groups excluding carboxylic acids is 2. The predicted octanol–water partition coefficient (Wildman–Crippen LogP) is 11.3. The molecule has 1 atom stereocenters. The first-order valence-corrected chi connectivity index (χ1v) is 18.2. The van der Waals surface area contributed by atoms with Crippen LogP contribution in [0.4, 0.5) is 0 Å². The first-order chi connectivity index (χ1) is 22.9. The Bertz CT molecular complexity index is 1600. The van der Waals surface area contributed by atoms with E-state index in [2.05, 4.69) is 91.6 Å². The molecule has 4 aromatic carbocycles. The van der Waals surface area contributed by atoms with E-state index >= 15 is 0 Å². The van der Waals surface area contributed by atoms with E-state index in [1.807, 2.05) is 24.4 Å². The summed E-state index contributed by atoms with van der Waals surface area (Å²) in [6, 6.07) is 31.9. The smallest absolute Gasteiger partial charge is 0.162 e. The van der Waals surface area contributed by atoms with Crippen molar-refractivity contribution in [3.63, 3.8) is 0 Å². The van der Waals surface area contributed by atoms with Crippen LogP contribution >= 0.6 is 0 Å². The Hall–Kier alpha value is -3.85. The molecule has 3 nitrogen and oxygen atoms in total. The Balaban J connectivity index is 1.11. The number of aryl methyl sites for hydroxylation is 2. The van der Waals surface area contributed by atoms with E-state index in [0.717, 1.165) is 68.4 Å². The van der Waals surface area contributed by atoms with Gasteiger partial charge in [-0.25, -0.2) is 0 Å². The van der Waals surface area contributed by atoms with Crippen LogP contribution in [0.3, 0.4) is 0 Å². The second-order valence-corrected chi connectivity index (χ2v) is 14.1. The van der Waals surface area contributed by atoms with E-state index < -0.39 is 0 Å². The van der Waals surface area contributed by atoms with Crippen molar-refractivity contribution in [2.45, 2.75) is 97.3 Å². The van der Waals surface area contributed by atoms with Gasteiger partial charge in [0, 0.05) is 30.9 Å². The zero-order chi connectivity index (χ0) is 32.8. The Morgan fingerprint density at radius 1 is 0.745 bits per heavy atom. The lowest BCUT2D eigenvalue weighted by molar-refractivity contribution is -0.123. The number of aliphatic imine (C=N–C) groups is 1. The number of nitrogens with zero attached hydrogens (tertiary/aromatic N) is 1. The average molecular weight is 628 g/mol. The van der Waals surface area contributed by atoms with Crippen LogP contribution < -0.4 is 0 Å². The van der Waals surface area contributed by atoms with E-state index in [0.29, 0.717) is 24.5 Å². The van der Waals surface area contributed by atoms with Gasteiger partial charge < -0.3 is 0 Å². The zero-order valence-corrected chi connectivity index (χ0v) is 28.6. The molecule has 0 aliphatic heterocycles. The summed E-state index contributed by atoms with van der Waals surface area (Å²) in [6.07, 6.45) is 14.2. The summed E-state index contributed by atoms with van der Waals surface area (Å²) in [4.78, 5) is 31.3. The fraction of sp³-hybridized carbons (Fsp3) is 0.432. The quantitative estimate of drug-likeness (QED) is 0.0723. The lowest BCUT2D eigenvalue weighted by Gasteiger charge is -2.15. The summed E-state index contributed by atoms with van der Waals surface area (Å²) in [5.41, 5.74) is 5.84. The highest BCUT2D eigenvalue weighted by molar-refractivity contribution is 6.00. The van der Waals surface area contributed by atoms with Gasteiger partial charge in [-0.1, -0.05) is 112 Å². The Labute approximate surface area is 282 Å². The average Bonchev–Trinajstić information content (AvgIpc) is 3.93. The number of hydrogen-bond donors (Lipinski definition) is 0. The van der Waals surface area contributed by atoms with Crippen LogP contribution in [0.5, 0.6) is 0 Å². The summed E-state index contributed by atoms with van der Waals surface area (Å²) in [5.74, 6) is 2.07. The molecule has 1 aliphatic rings. The molecule has 3 heteroatoms. The van der Waals surface area contributed by atoms with Crippen molar-refractivity contribution < 1.29 is 9.59 Å². The molecule has 47 heavy (non-hydrogen) atoms. The minimum atomic E-state index is -0.0148. The molecule has 4 aromatic rings. The predicted molar refractivity (Wildman–Crippen MR) is 199 cm³/mol. The SMILES string of the molecule is CC(C)CCc1ccc2cc(C(=O)CCCC(CCC=NCCC3CC3)C(=O)CCCc3ccc(-c4ccccc4)cc3)ccc2c1. The molecule has 1 aliphatic carbocycles.